The van der Waals surface area contributed by atoms with Gasteiger partial charge in [0.2, 0.25) is 0 Å². The van der Waals surface area contributed by atoms with Crippen LogP contribution >= 0.6 is 0 Å². The highest BCUT2D eigenvalue weighted by Gasteiger charge is 2.22. The molecule has 0 bridgehead atoms. The normalized spacial score (nSPS) is 27.8. The van der Waals surface area contributed by atoms with Crippen LogP contribution in [0.25, 0.3) is 0 Å². The molecule has 1 aromatic heterocycles. The van der Waals surface area contributed by atoms with Crippen LogP contribution < -0.4 is 10.1 Å². The van der Waals surface area contributed by atoms with E-state index >= 15 is 0 Å². The van der Waals surface area contributed by atoms with Crippen molar-refractivity contribution in [2.45, 2.75) is 25.5 Å². The Morgan fingerprint density at radius 3 is 3.08 bits per heavy atom. The van der Waals surface area contributed by atoms with Crippen molar-refractivity contribution >= 4 is 0 Å². The third-order valence-corrected chi connectivity index (χ3v) is 2.29. The molecule has 0 radical (unpaired) electrons. The van der Waals surface area contributed by atoms with E-state index in [2.05, 4.69) is 17.3 Å². The average molecular weight is 181 g/mol. The molecule has 4 heteroatoms. The van der Waals surface area contributed by atoms with Crippen molar-refractivity contribution < 1.29 is 4.74 Å². The highest BCUT2D eigenvalue weighted by atomic mass is 16.5. The second kappa shape index (κ2) is 3.38. The Bertz CT molecular complexity index is 284. The molecule has 1 aliphatic heterocycles. The van der Waals surface area contributed by atoms with Crippen LogP contribution in [-0.4, -0.2) is 28.5 Å². The summed E-state index contributed by atoms with van der Waals surface area (Å²) in [6.07, 6.45) is 5.03. The Labute approximate surface area is 77.9 Å². The molecule has 72 valence electrons. The second-order valence-electron chi connectivity index (χ2n) is 3.63. The molecule has 1 aromatic rings. The number of nitrogens with one attached hydrogen (secondary N) is 1. The standard InChI is InChI=1S/C9H15N3O/c1-7-3-8(4-10-7)13-9-5-11-12(2)6-9/h5-8,10H,3-4H2,1-2H3/t7-,8+/m0/s1. The summed E-state index contributed by atoms with van der Waals surface area (Å²) in [6, 6.07) is 0.571. The molecule has 0 amide bonds. The molecule has 2 atom stereocenters. The summed E-state index contributed by atoms with van der Waals surface area (Å²) in [5.74, 6) is 0.864. The van der Waals surface area contributed by atoms with Gasteiger partial charge in [-0.3, -0.25) is 4.68 Å². The Morgan fingerprint density at radius 1 is 1.69 bits per heavy atom. The van der Waals surface area contributed by atoms with Crippen molar-refractivity contribution in [3.05, 3.63) is 12.4 Å². The van der Waals surface area contributed by atoms with E-state index in [1.165, 1.54) is 0 Å². The van der Waals surface area contributed by atoms with E-state index in [9.17, 15) is 0 Å². The quantitative estimate of drug-likeness (QED) is 0.724. The van der Waals surface area contributed by atoms with Crippen LogP contribution in [-0.2, 0) is 7.05 Å². The molecule has 0 aliphatic carbocycles. The summed E-state index contributed by atoms with van der Waals surface area (Å²) in [5.41, 5.74) is 0. The Kier molecular flexibility index (Phi) is 2.22. The van der Waals surface area contributed by atoms with Gasteiger partial charge in [0.25, 0.3) is 0 Å². The number of rotatable bonds is 2. The van der Waals surface area contributed by atoms with Gasteiger partial charge >= 0.3 is 0 Å². The van der Waals surface area contributed by atoms with Crippen LogP contribution in [0, 0.1) is 0 Å². The van der Waals surface area contributed by atoms with Crippen LogP contribution in [0.1, 0.15) is 13.3 Å². The Morgan fingerprint density at radius 2 is 2.54 bits per heavy atom. The minimum atomic E-state index is 0.305. The van der Waals surface area contributed by atoms with Gasteiger partial charge in [-0.2, -0.15) is 5.10 Å². The fraction of sp³-hybridized carbons (Fsp3) is 0.667. The highest BCUT2D eigenvalue weighted by molar-refractivity contribution is 5.12. The molecule has 0 unspecified atom stereocenters. The van der Waals surface area contributed by atoms with E-state index in [0.29, 0.717) is 12.1 Å². The molecule has 4 nitrogen and oxygen atoms in total. The van der Waals surface area contributed by atoms with Crippen molar-refractivity contribution in [3.8, 4) is 5.75 Å². The average Bonchev–Trinajstić information content (AvgIpc) is 2.62. The lowest BCUT2D eigenvalue weighted by Gasteiger charge is -2.09. The van der Waals surface area contributed by atoms with Crippen LogP contribution in [0.15, 0.2) is 12.4 Å². The molecule has 1 aliphatic rings. The second-order valence-corrected chi connectivity index (χ2v) is 3.63. The maximum absolute atomic E-state index is 5.72. The summed E-state index contributed by atoms with van der Waals surface area (Å²) < 4.78 is 7.47. The van der Waals surface area contributed by atoms with Crippen LogP contribution in [0.3, 0.4) is 0 Å². The first kappa shape index (κ1) is 8.56. The lowest BCUT2D eigenvalue weighted by Crippen LogP contribution is -2.20. The van der Waals surface area contributed by atoms with E-state index in [4.69, 9.17) is 4.74 Å². The van der Waals surface area contributed by atoms with Crippen LogP contribution in [0.5, 0.6) is 5.75 Å². The van der Waals surface area contributed by atoms with Gasteiger partial charge in [-0.1, -0.05) is 0 Å². The third-order valence-electron chi connectivity index (χ3n) is 2.29. The molecule has 2 heterocycles. The molecular weight excluding hydrogens is 166 g/mol. The number of aromatic nitrogens is 2. The van der Waals surface area contributed by atoms with Gasteiger partial charge in [0.1, 0.15) is 6.10 Å². The van der Waals surface area contributed by atoms with E-state index in [0.717, 1.165) is 18.7 Å². The topological polar surface area (TPSA) is 39.1 Å². The number of nitrogens with zero attached hydrogens (tertiary/aromatic N) is 2. The predicted molar refractivity (Wildman–Crippen MR) is 49.7 cm³/mol. The zero-order valence-electron chi connectivity index (χ0n) is 8.03. The summed E-state index contributed by atoms with van der Waals surface area (Å²) in [7, 11) is 1.89. The monoisotopic (exact) mass is 181 g/mol. The third kappa shape index (κ3) is 2.01. The number of hydrogen-bond donors (Lipinski definition) is 1. The first-order valence-corrected chi connectivity index (χ1v) is 4.63. The lowest BCUT2D eigenvalue weighted by molar-refractivity contribution is 0.220. The van der Waals surface area contributed by atoms with Gasteiger partial charge in [-0.15, -0.1) is 0 Å². The van der Waals surface area contributed by atoms with Crippen molar-refractivity contribution in [1.82, 2.24) is 15.1 Å². The first-order chi connectivity index (χ1) is 6.24. The summed E-state index contributed by atoms with van der Waals surface area (Å²) >= 11 is 0. The van der Waals surface area contributed by atoms with Crippen molar-refractivity contribution in [1.29, 1.82) is 0 Å². The minimum absolute atomic E-state index is 0.305. The molecule has 0 aromatic carbocycles. The van der Waals surface area contributed by atoms with Crippen molar-refractivity contribution in [2.24, 2.45) is 7.05 Å². The molecule has 1 fully saturated rings. The molecule has 1 saturated heterocycles. The molecule has 0 spiro atoms. The minimum Gasteiger partial charge on any atom is -0.486 e. The SMILES string of the molecule is C[C@H]1C[C@@H](Oc2cnn(C)c2)CN1. The van der Waals surface area contributed by atoms with Crippen molar-refractivity contribution in [3.63, 3.8) is 0 Å². The Hall–Kier alpha value is -1.03. The maximum atomic E-state index is 5.72. The zero-order chi connectivity index (χ0) is 9.26. The highest BCUT2D eigenvalue weighted by Crippen LogP contribution is 2.15. The van der Waals surface area contributed by atoms with E-state index in [1.807, 2.05) is 13.2 Å². The van der Waals surface area contributed by atoms with Crippen LogP contribution in [0.2, 0.25) is 0 Å². The van der Waals surface area contributed by atoms with Gasteiger partial charge in [0.05, 0.1) is 12.4 Å². The molecule has 2 rings (SSSR count). The number of aryl methyl sites for hydroxylation is 1. The molecule has 0 saturated carbocycles. The smallest absolute Gasteiger partial charge is 0.157 e. The number of hydrogen-bond acceptors (Lipinski definition) is 3. The summed E-state index contributed by atoms with van der Waals surface area (Å²) in [6.45, 7) is 3.11. The predicted octanol–water partition coefficient (Wildman–Crippen LogP) is 0.549. The van der Waals surface area contributed by atoms with Gasteiger partial charge in [-0.05, 0) is 6.92 Å². The Balaban J connectivity index is 1.91. The van der Waals surface area contributed by atoms with Crippen molar-refractivity contribution in [2.75, 3.05) is 6.54 Å². The first-order valence-electron chi connectivity index (χ1n) is 4.63. The van der Waals surface area contributed by atoms with Gasteiger partial charge in [0, 0.05) is 26.1 Å². The summed E-state index contributed by atoms with van der Waals surface area (Å²) in [4.78, 5) is 0. The van der Waals surface area contributed by atoms with Gasteiger partial charge in [0.15, 0.2) is 5.75 Å². The van der Waals surface area contributed by atoms with E-state index in [-0.39, 0.29) is 0 Å². The fourth-order valence-electron chi connectivity index (χ4n) is 1.64. The maximum Gasteiger partial charge on any atom is 0.157 e. The van der Waals surface area contributed by atoms with E-state index in [1.54, 1.807) is 10.9 Å². The van der Waals surface area contributed by atoms with Crippen LogP contribution in [0.4, 0.5) is 0 Å². The molecular formula is C9H15N3O. The fourth-order valence-corrected chi connectivity index (χ4v) is 1.64. The zero-order valence-corrected chi connectivity index (χ0v) is 8.03. The summed E-state index contributed by atoms with van der Waals surface area (Å²) in [5, 5.41) is 7.39. The number of ether oxygens (including phenoxy) is 1. The van der Waals surface area contributed by atoms with E-state index < -0.39 is 0 Å². The van der Waals surface area contributed by atoms with Gasteiger partial charge < -0.3 is 10.1 Å². The molecule has 13 heavy (non-hydrogen) atoms. The lowest BCUT2D eigenvalue weighted by atomic mass is 10.2. The van der Waals surface area contributed by atoms with Gasteiger partial charge in [-0.25, -0.2) is 0 Å². The largest absolute Gasteiger partial charge is 0.486 e. The molecule has 1 N–H and O–H groups in total.